The first kappa shape index (κ1) is 19.2. The van der Waals surface area contributed by atoms with E-state index in [1.807, 2.05) is 19.9 Å². The molecule has 0 saturated carbocycles. The van der Waals surface area contributed by atoms with Crippen LogP contribution in [-0.4, -0.2) is 29.0 Å². The number of imidazole rings is 1. The van der Waals surface area contributed by atoms with Crippen LogP contribution in [0.15, 0.2) is 15.7 Å². The van der Waals surface area contributed by atoms with Gasteiger partial charge in [-0.1, -0.05) is 0 Å². The Balaban J connectivity index is 2.15. The first-order valence-electron chi connectivity index (χ1n) is 8.59. The summed E-state index contributed by atoms with van der Waals surface area (Å²) < 4.78 is 5.67. The van der Waals surface area contributed by atoms with Crippen molar-refractivity contribution in [3.63, 3.8) is 0 Å². The van der Waals surface area contributed by atoms with Gasteiger partial charge in [0.1, 0.15) is 0 Å². The van der Waals surface area contributed by atoms with Crippen molar-refractivity contribution >= 4 is 28.5 Å². The Morgan fingerprint density at radius 2 is 1.81 bits per heavy atom. The molecule has 8 nitrogen and oxygen atoms in total. The van der Waals surface area contributed by atoms with Crippen LogP contribution in [0.4, 0.5) is 0 Å². The van der Waals surface area contributed by atoms with E-state index in [4.69, 9.17) is 11.6 Å². The maximum Gasteiger partial charge on any atom is 0.332 e. The van der Waals surface area contributed by atoms with Crippen LogP contribution < -0.4 is 11.2 Å². The normalized spacial score (nSPS) is 11.7. The number of fused-ring (bicyclic) bond motifs is 1. The van der Waals surface area contributed by atoms with Crippen molar-refractivity contribution in [1.29, 1.82) is 0 Å². The Labute approximate surface area is 160 Å². The number of carbonyl (C=O) groups excluding carboxylic acids is 1. The van der Waals surface area contributed by atoms with Crippen LogP contribution >= 0.6 is 11.6 Å². The van der Waals surface area contributed by atoms with Crippen molar-refractivity contribution in [2.24, 2.45) is 14.1 Å². The fourth-order valence-corrected chi connectivity index (χ4v) is 3.87. The van der Waals surface area contributed by atoms with E-state index in [2.05, 4.69) is 23.4 Å². The summed E-state index contributed by atoms with van der Waals surface area (Å²) in [4.78, 5) is 41.7. The van der Waals surface area contributed by atoms with E-state index in [0.29, 0.717) is 5.56 Å². The lowest BCUT2D eigenvalue weighted by molar-refractivity contribution is 0.0972. The van der Waals surface area contributed by atoms with Crippen molar-refractivity contribution in [3.05, 3.63) is 49.1 Å². The molecule has 3 aromatic heterocycles. The van der Waals surface area contributed by atoms with Gasteiger partial charge in [0.05, 0.1) is 6.54 Å². The average molecular weight is 392 g/mol. The highest BCUT2D eigenvalue weighted by molar-refractivity contribution is 6.29. The first-order chi connectivity index (χ1) is 12.6. The average Bonchev–Trinajstić information content (AvgIpc) is 3.08. The maximum absolute atomic E-state index is 13.0. The molecule has 3 rings (SSSR count). The molecule has 0 fully saturated rings. The first-order valence-corrected chi connectivity index (χ1v) is 8.97. The van der Waals surface area contributed by atoms with Crippen LogP contribution in [-0.2, 0) is 20.6 Å². The molecule has 0 bridgehead atoms. The van der Waals surface area contributed by atoms with E-state index < -0.39 is 11.2 Å². The van der Waals surface area contributed by atoms with Gasteiger partial charge >= 0.3 is 5.69 Å². The van der Waals surface area contributed by atoms with Gasteiger partial charge in [-0.05, 0) is 45.4 Å². The van der Waals surface area contributed by atoms with Gasteiger partial charge in [0.15, 0.2) is 16.9 Å². The number of aryl methyl sites for hydroxylation is 2. The number of halogens is 1. The summed E-state index contributed by atoms with van der Waals surface area (Å²) in [5.41, 5.74) is 1.71. The Morgan fingerprint density at radius 1 is 1.19 bits per heavy atom. The topological polar surface area (TPSA) is 83.8 Å². The molecule has 0 radical (unpaired) electrons. The summed E-state index contributed by atoms with van der Waals surface area (Å²) in [6, 6.07) is 2.07. The Kier molecular flexibility index (Phi) is 4.63. The van der Waals surface area contributed by atoms with E-state index in [1.165, 1.54) is 23.2 Å². The molecule has 0 atom stereocenters. The van der Waals surface area contributed by atoms with Crippen LogP contribution in [0.25, 0.3) is 11.2 Å². The van der Waals surface area contributed by atoms with Crippen molar-refractivity contribution in [2.45, 2.75) is 40.3 Å². The number of nitrogens with zero attached hydrogens (tertiary/aromatic N) is 5. The van der Waals surface area contributed by atoms with Crippen molar-refractivity contribution in [2.75, 3.05) is 0 Å². The maximum atomic E-state index is 13.0. The van der Waals surface area contributed by atoms with Gasteiger partial charge in [-0.25, -0.2) is 4.79 Å². The molecule has 0 amide bonds. The third-order valence-electron chi connectivity index (χ3n) is 4.90. The highest BCUT2D eigenvalue weighted by atomic mass is 35.5. The predicted molar refractivity (Wildman–Crippen MR) is 104 cm³/mol. The minimum Gasteiger partial charge on any atom is -0.346 e. The minimum absolute atomic E-state index is 0.00526. The number of hydrogen-bond donors (Lipinski definition) is 0. The summed E-state index contributed by atoms with van der Waals surface area (Å²) in [6.45, 7) is 7.83. The van der Waals surface area contributed by atoms with E-state index in [-0.39, 0.29) is 34.8 Å². The van der Waals surface area contributed by atoms with Gasteiger partial charge < -0.3 is 9.13 Å². The zero-order valence-electron chi connectivity index (χ0n) is 16.2. The summed E-state index contributed by atoms with van der Waals surface area (Å²) >= 11 is 6.21. The number of carbonyl (C=O) groups is 1. The summed E-state index contributed by atoms with van der Waals surface area (Å²) in [5.74, 6) is -0.174. The standard InChI is InChI=1S/C18H22ClN5O3/c1-9(2)24-10(3)7-12(11(24)4)13(25)8-23-14-15(20-17(23)19)21(5)18(27)22(6)16(14)26/h7,9H,8H2,1-6H3. The third-order valence-corrected chi connectivity index (χ3v) is 5.19. The molecule has 0 spiro atoms. The smallest absolute Gasteiger partial charge is 0.332 e. The highest BCUT2D eigenvalue weighted by Gasteiger charge is 2.22. The molecule has 9 heteroatoms. The van der Waals surface area contributed by atoms with E-state index in [0.717, 1.165) is 16.0 Å². The molecule has 0 unspecified atom stereocenters. The van der Waals surface area contributed by atoms with Gasteiger partial charge in [-0.3, -0.25) is 18.7 Å². The largest absolute Gasteiger partial charge is 0.346 e. The third kappa shape index (κ3) is 2.84. The van der Waals surface area contributed by atoms with Gasteiger partial charge in [0, 0.05) is 37.1 Å². The molecular weight excluding hydrogens is 370 g/mol. The van der Waals surface area contributed by atoms with Gasteiger partial charge in [-0.15, -0.1) is 0 Å². The van der Waals surface area contributed by atoms with E-state index in [1.54, 1.807) is 0 Å². The molecule has 27 heavy (non-hydrogen) atoms. The predicted octanol–water partition coefficient (Wildman–Crippen LogP) is 1.97. The molecule has 0 saturated heterocycles. The summed E-state index contributed by atoms with van der Waals surface area (Å²) in [6.07, 6.45) is 0. The lowest BCUT2D eigenvalue weighted by atomic mass is 10.1. The van der Waals surface area contributed by atoms with Crippen molar-refractivity contribution in [3.8, 4) is 0 Å². The minimum atomic E-state index is -0.534. The number of rotatable bonds is 4. The molecular formula is C18H22ClN5O3. The molecule has 0 aliphatic heterocycles. The van der Waals surface area contributed by atoms with E-state index in [9.17, 15) is 14.4 Å². The Morgan fingerprint density at radius 3 is 2.37 bits per heavy atom. The van der Waals surface area contributed by atoms with Crippen molar-refractivity contribution in [1.82, 2.24) is 23.3 Å². The Hall–Kier alpha value is -2.61. The van der Waals surface area contributed by atoms with Crippen LogP contribution in [0.2, 0.25) is 5.28 Å². The van der Waals surface area contributed by atoms with E-state index >= 15 is 0 Å². The van der Waals surface area contributed by atoms with Crippen LogP contribution in [0.1, 0.15) is 41.6 Å². The number of Topliss-reactive ketones (excluding diaryl/α,β-unsaturated/α-hetero) is 1. The molecule has 144 valence electrons. The second-order valence-corrected chi connectivity index (χ2v) is 7.35. The van der Waals surface area contributed by atoms with Crippen LogP contribution in [0.3, 0.4) is 0 Å². The fraction of sp³-hybridized carbons (Fsp3) is 0.444. The quantitative estimate of drug-likeness (QED) is 0.502. The second-order valence-electron chi connectivity index (χ2n) is 7.02. The summed E-state index contributed by atoms with van der Waals surface area (Å²) in [7, 11) is 2.89. The monoisotopic (exact) mass is 391 g/mol. The molecule has 3 aromatic rings. The van der Waals surface area contributed by atoms with Crippen LogP contribution in [0.5, 0.6) is 0 Å². The van der Waals surface area contributed by atoms with Crippen molar-refractivity contribution < 1.29 is 4.79 Å². The van der Waals surface area contributed by atoms with Gasteiger partial charge in [0.25, 0.3) is 5.56 Å². The highest BCUT2D eigenvalue weighted by Crippen LogP contribution is 2.22. The zero-order valence-corrected chi connectivity index (χ0v) is 17.0. The number of aromatic nitrogens is 5. The zero-order chi connectivity index (χ0) is 20.2. The molecule has 0 aliphatic carbocycles. The fourth-order valence-electron chi connectivity index (χ4n) is 3.65. The lowest BCUT2D eigenvalue weighted by Crippen LogP contribution is -2.37. The van der Waals surface area contributed by atoms with Crippen LogP contribution in [0, 0.1) is 13.8 Å². The lowest BCUT2D eigenvalue weighted by Gasteiger charge is -2.13. The summed E-state index contributed by atoms with van der Waals surface area (Å²) in [5, 5.41) is -0.00526. The molecule has 0 aliphatic rings. The second kappa shape index (κ2) is 6.53. The van der Waals surface area contributed by atoms with Gasteiger partial charge in [-0.2, -0.15) is 4.98 Å². The molecule has 0 N–H and O–H groups in total. The molecule has 3 heterocycles. The molecule has 0 aromatic carbocycles. The SMILES string of the molecule is Cc1cc(C(=O)Cn2c(Cl)nc3c2c(=O)n(C)c(=O)n3C)c(C)n1C(C)C. The number of ketones is 1. The Bertz CT molecular complexity index is 1190. The number of hydrogen-bond acceptors (Lipinski definition) is 4. The van der Waals surface area contributed by atoms with Gasteiger partial charge in [0.2, 0.25) is 5.28 Å².